The van der Waals surface area contributed by atoms with E-state index in [2.05, 4.69) is 19.1 Å². The highest BCUT2D eigenvalue weighted by atomic mass is 16.2. The van der Waals surface area contributed by atoms with Gasteiger partial charge in [0.25, 0.3) is 5.91 Å². The fourth-order valence-corrected chi connectivity index (χ4v) is 1.76. The Morgan fingerprint density at radius 3 is 2.53 bits per heavy atom. The Bertz CT molecular complexity index is 394. The molecule has 1 unspecified atom stereocenters. The van der Waals surface area contributed by atoms with Crippen LogP contribution in [0.2, 0.25) is 0 Å². The Hall–Kier alpha value is -1.57. The van der Waals surface area contributed by atoms with Gasteiger partial charge >= 0.3 is 0 Å². The van der Waals surface area contributed by atoms with E-state index in [9.17, 15) is 4.79 Å². The van der Waals surface area contributed by atoms with Crippen molar-refractivity contribution >= 4 is 5.91 Å². The number of hydrogen-bond donors (Lipinski definition) is 0. The SMILES string of the molecule is CCN1C(=O)/C1=C\C(C)c1ccccc1. The van der Waals surface area contributed by atoms with Crippen molar-refractivity contribution in [3.05, 3.63) is 47.7 Å². The van der Waals surface area contributed by atoms with Crippen LogP contribution in [-0.2, 0) is 4.79 Å². The van der Waals surface area contributed by atoms with Gasteiger partial charge in [0, 0.05) is 12.5 Å². The molecule has 1 aromatic carbocycles. The summed E-state index contributed by atoms with van der Waals surface area (Å²) in [5.74, 6) is 0.488. The van der Waals surface area contributed by atoms with Crippen molar-refractivity contribution in [1.29, 1.82) is 0 Å². The first-order valence-corrected chi connectivity index (χ1v) is 5.32. The van der Waals surface area contributed by atoms with E-state index in [0.29, 0.717) is 5.92 Å². The van der Waals surface area contributed by atoms with Gasteiger partial charge in [-0.25, -0.2) is 0 Å². The predicted molar refractivity (Wildman–Crippen MR) is 60.3 cm³/mol. The lowest BCUT2D eigenvalue weighted by atomic mass is 10.0. The molecule has 1 aliphatic rings. The summed E-state index contributed by atoms with van der Waals surface area (Å²) in [4.78, 5) is 13.1. The Morgan fingerprint density at radius 1 is 1.33 bits per heavy atom. The lowest BCUT2D eigenvalue weighted by Gasteiger charge is -2.04. The molecule has 1 atom stereocenters. The number of nitrogens with zero attached hydrogens (tertiary/aromatic N) is 1. The van der Waals surface area contributed by atoms with Gasteiger partial charge in [0.05, 0.1) is 0 Å². The first-order valence-electron chi connectivity index (χ1n) is 5.32. The summed E-state index contributed by atoms with van der Waals surface area (Å²) in [6.45, 7) is 4.89. The van der Waals surface area contributed by atoms with Crippen molar-refractivity contribution in [2.45, 2.75) is 19.8 Å². The molecule has 0 radical (unpaired) electrons. The zero-order valence-electron chi connectivity index (χ0n) is 9.10. The first kappa shape index (κ1) is 9.97. The van der Waals surface area contributed by atoms with Gasteiger partial charge in [0.15, 0.2) is 0 Å². The van der Waals surface area contributed by atoms with Gasteiger partial charge in [-0.1, -0.05) is 37.3 Å². The highest BCUT2D eigenvalue weighted by Crippen LogP contribution is 2.28. The second-order valence-corrected chi connectivity index (χ2v) is 3.80. The van der Waals surface area contributed by atoms with Gasteiger partial charge in [-0.3, -0.25) is 4.79 Å². The van der Waals surface area contributed by atoms with E-state index in [0.717, 1.165) is 12.2 Å². The van der Waals surface area contributed by atoms with E-state index in [1.165, 1.54) is 5.56 Å². The molecule has 0 bridgehead atoms. The van der Waals surface area contributed by atoms with Crippen molar-refractivity contribution in [3.63, 3.8) is 0 Å². The molecule has 78 valence electrons. The van der Waals surface area contributed by atoms with Gasteiger partial charge in [0.2, 0.25) is 0 Å². The number of hydrogen-bond acceptors (Lipinski definition) is 1. The van der Waals surface area contributed by atoms with Crippen molar-refractivity contribution in [2.24, 2.45) is 0 Å². The van der Waals surface area contributed by atoms with Crippen LogP contribution in [0.4, 0.5) is 0 Å². The largest absolute Gasteiger partial charge is 0.303 e. The summed E-state index contributed by atoms with van der Waals surface area (Å²) in [7, 11) is 0. The van der Waals surface area contributed by atoms with Gasteiger partial charge < -0.3 is 4.90 Å². The minimum absolute atomic E-state index is 0.181. The van der Waals surface area contributed by atoms with Crippen LogP contribution in [-0.4, -0.2) is 17.4 Å². The topological polar surface area (TPSA) is 20.1 Å². The number of likely N-dealkylation sites (N-methyl/N-ethyl adjacent to an activating group) is 1. The second-order valence-electron chi connectivity index (χ2n) is 3.80. The summed E-state index contributed by atoms with van der Waals surface area (Å²) in [6, 6.07) is 10.2. The van der Waals surface area contributed by atoms with Crippen LogP contribution in [0.15, 0.2) is 42.1 Å². The van der Waals surface area contributed by atoms with Gasteiger partial charge in [-0.2, -0.15) is 0 Å². The highest BCUT2D eigenvalue weighted by Gasteiger charge is 2.37. The van der Waals surface area contributed by atoms with Crippen LogP contribution >= 0.6 is 0 Å². The van der Waals surface area contributed by atoms with E-state index < -0.39 is 0 Å². The number of amides is 1. The fourth-order valence-electron chi connectivity index (χ4n) is 1.76. The predicted octanol–water partition coefficient (Wildman–Crippen LogP) is 2.54. The van der Waals surface area contributed by atoms with Crippen molar-refractivity contribution in [3.8, 4) is 0 Å². The van der Waals surface area contributed by atoms with E-state index >= 15 is 0 Å². The molecule has 0 aliphatic carbocycles. The van der Waals surface area contributed by atoms with E-state index in [-0.39, 0.29) is 5.91 Å². The first-order chi connectivity index (χ1) is 7.24. The lowest BCUT2D eigenvalue weighted by molar-refractivity contribution is -0.113. The van der Waals surface area contributed by atoms with Crippen molar-refractivity contribution in [1.82, 2.24) is 4.90 Å². The monoisotopic (exact) mass is 201 g/mol. The van der Waals surface area contributed by atoms with E-state index in [1.54, 1.807) is 4.90 Å². The Labute approximate surface area is 90.2 Å². The Balaban J connectivity index is 2.12. The molecule has 1 heterocycles. The minimum Gasteiger partial charge on any atom is -0.303 e. The fraction of sp³-hybridized carbons (Fsp3) is 0.308. The van der Waals surface area contributed by atoms with Gasteiger partial charge in [0.1, 0.15) is 5.70 Å². The van der Waals surface area contributed by atoms with Crippen molar-refractivity contribution in [2.75, 3.05) is 6.54 Å². The summed E-state index contributed by atoms with van der Waals surface area (Å²) in [5.41, 5.74) is 2.12. The van der Waals surface area contributed by atoms with Gasteiger partial charge in [-0.05, 0) is 18.6 Å². The van der Waals surface area contributed by atoms with Crippen LogP contribution < -0.4 is 0 Å². The Kier molecular flexibility index (Phi) is 2.58. The molecule has 1 amide bonds. The average Bonchev–Trinajstić information content (AvgIpc) is 2.89. The highest BCUT2D eigenvalue weighted by molar-refractivity contribution is 6.09. The molecule has 1 saturated heterocycles. The maximum absolute atomic E-state index is 11.3. The number of allylic oxidation sites excluding steroid dienone is 1. The molecule has 1 fully saturated rings. The summed E-state index contributed by atoms with van der Waals surface area (Å²) < 4.78 is 0. The number of carbonyl (C=O) groups is 1. The summed E-state index contributed by atoms with van der Waals surface area (Å²) in [5, 5.41) is 0. The van der Waals surface area contributed by atoms with Crippen LogP contribution in [0.3, 0.4) is 0 Å². The molecule has 1 aliphatic heterocycles. The number of carbonyl (C=O) groups excluding carboxylic acids is 1. The quantitative estimate of drug-likeness (QED) is 0.543. The molecule has 0 saturated carbocycles. The molecule has 0 spiro atoms. The number of benzene rings is 1. The average molecular weight is 201 g/mol. The molecule has 0 N–H and O–H groups in total. The molecule has 2 nitrogen and oxygen atoms in total. The lowest BCUT2D eigenvalue weighted by Crippen LogP contribution is -1.94. The number of rotatable bonds is 3. The van der Waals surface area contributed by atoms with Crippen LogP contribution in [0.25, 0.3) is 0 Å². The molecule has 2 rings (SSSR count). The van der Waals surface area contributed by atoms with Crippen LogP contribution in [0, 0.1) is 0 Å². The normalized spacial score (nSPS) is 19.5. The van der Waals surface area contributed by atoms with Crippen LogP contribution in [0.5, 0.6) is 0 Å². The summed E-state index contributed by atoms with van der Waals surface area (Å²) >= 11 is 0. The zero-order chi connectivity index (χ0) is 10.8. The maximum atomic E-state index is 11.3. The third-order valence-electron chi connectivity index (χ3n) is 2.75. The van der Waals surface area contributed by atoms with Gasteiger partial charge in [-0.15, -0.1) is 0 Å². The molecule has 2 heteroatoms. The van der Waals surface area contributed by atoms with Crippen LogP contribution in [0.1, 0.15) is 25.3 Å². The van der Waals surface area contributed by atoms with E-state index in [4.69, 9.17) is 0 Å². The minimum atomic E-state index is 0.181. The third kappa shape index (κ3) is 1.94. The maximum Gasteiger partial charge on any atom is 0.274 e. The van der Waals surface area contributed by atoms with Crippen molar-refractivity contribution < 1.29 is 4.79 Å². The third-order valence-corrected chi connectivity index (χ3v) is 2.75. The zero-order valence-corrected chi connectivity index (χ0v) is 9.10. The summed E-state index contributed by atoms with van der Waals surface area (Å²) in [6.07, 6.45) is 2.04. The van der Waals surface area contributed by atoms with E-state index in [1.807, 2.05) is 31.2 Å². The molecule has 1 aromatic rings. The Morgan fingerprint density at radius 2 is 2.00 bits per heavy atom. The smallest absolute Gasteiger partial charge is 0.274 e. The molecular formula is C13H15NO. The molecular weight excluding hydrogens is 186 g/mol. The standard InChI is InChI=1S/C13H15NO/c1-3-14-12(13(14)15)9-10(2)11-7-5-4-6-8-11/h4-10H,3H2,1-2H3/b12-9+. The molecule has 15 heavy (non-hydrogen) atoms. The second kappa shape index (κ2) is 3.89. The molecule has 0 aromatic heterocycles.